The number of nitrogens with zero attached hydrogens (tertiary/aromatic N) is 3. The van der Waals surface area contributed by atoms with Gasteiger partial charge in [0.1, 0.15) is 0 Å². The van der Waals surface area contributed by atoms with Crippen LogP contribution < -0.4 is 20.7 Å². The maximum Gasteiger partial charge on any atom is 0.333 e. The van der Waals surface area contributed by atoms with E-state index in [1.807, 2.05) is 0 Å². The SMILES string of the molecule is Cc1c2c(cc3cc4ccccc4cc13)B1c3c(cc(N(c4ccccc4)c4ccccc4)cc3N2c2cc(-c3ccccc3)cc(-c3ccccc3)c2)-c2cccc3c4ccccc4n1c23. The number of para-hydroxylation sites is 4. The molecule has 14 rings (SSSR count). The Bertz CT molecular complexity index is 3840. The summed E-state index contributed by atoms with van der Waals surface area (Å²) in [5.41, 5.74) is 20.5. The quantitative estimate of drug-likeness (QED) is 0.122. The smallest absolute Gasteiger partial charge is 0.333 e. The third kappa shape index (κ3) is 5.73. The van der Waals surface area contributed by atoms with Crippen molar-refractivity contribution in [2.45, 2.75) is 6.92 Å². The molecule has 4 heteroatoms. The average molecular weight is 852 g/mol. The molecule has 12 aromatic rings. The molecule has 11 aromatic carbocycles. The van der Waals surface area contributed by atoms with Crippen molar-refractivity contribution >= 4 is 95.2 Å². The van der Waals surface area contributed by atoms with Crippen molar-refractivity contribution < 1.29 is 0 Å². The Morgan fingerprint density at radius 1 is 0.403 bits per heavy atom. The first-order valence-corrected chi connectivity index (χ1v) is 23.3. The zero-order valence-corrected chi connectivity index (χ0v) is 36.9. The van der Waals surface area contributed by atoms with Crippen LogP contribution in [0.25, 0.3) is 76.7 Å². The van der Waals surface area contributed by atoms with E-state index in [0.717, 1.165) is 22.7 Å². The van der Waals surface area contributed by atoms with E-state index >= 15 is 0 Å². The number of hydrogen-bond donors (Lipinski definition) is 0. The highest BCUT2D eigenvalue weighted by molar-refractivity contribution is 6.90. The van der Waals surface area contributed by atoms with Crippen LogP contribution in [0.15, 0.2) is 237 Å². The minimum Gasteiger partial charge on any atom is -0.375 e. The minimum absolute atomic E-state index is 0.107. The number of benzene rings is 11. The lowest BCUT2D eigenvalue weighted by atomic mass is 9.44. The first-order chi connectivity index (χ1) is 33.2. The first kappa shape index (κ1) is 37.7. The zero-order chi connectivity index (χ0) is 44.2. The molecule has 0 saturated heterocycles. The fraction of sp³-hybridized carbons (Fsp3) is 0.0159. The van der Waals surface area contributed by atoms with Gasteiger partial charge in [-0.1, -0.05) is 164 Å². The highest BCUT2D eigenvalue weighted by Gasteiger charge is 2.44. The van der Waals surface area contributed by atoms with Gasteiger partial charge in [0, 0.05) is 61.5 Å². The predicted molar refractivity (Wildman–Crippen MR) is 285 cm³/mol. The van der Waals surface area contributed by atoms with Crippen molar-refractivity contribution in [3.05, 3.63) is 242 Å². The Kier molecular flexibility index (Phi) is 8.29. The number of hydrogen-bond acceptors (Lipinski definition) is 2. The van der Waals surface area contributed by atoms with Gasteiger partial charge in [-0.05, 0) is 146 Å². The summed E-state index contributed by atoms with van der Waals surface area (Å²) < 4.78 is 2.68. The van der Waals surface area contributed by atoms with Crippen molar-refractivity contribution in [3.63, 3.8) is 0 Å². The number of fused-ring (bicyclic) bond motifs is 9. The molecule has 2 aliphatic heterocycles. The predicted octanol–water partition coefficient (Wildman–Crippen LogP) is 15.6. The van der Waals surface area contributed by atoms with Crippen molar-refractivity contribution in [3.8, 4) is 33.4 Å². The summed E-state index contributed by atoms with van der Waals surface area (Å²) in [6.45, 7) is 2.25. The van der Waals surface area contributed by atoms with Crippen molar-refractivity contribution in [2.75, 3.05) is 9.80 Å². The van der Waals surface area contributed by atoms with E-state index in [1.165, 1.54) is 105 Å². The molecule has 0 amide bonds. The number of anilines is 6. The second-order valence-electron chi connectivity index (χ2n) is 18.1. The number of aryl methyl sites for hydroxylation is 1. The molecular weight excluding hydrogens is 810 g/mol. The molecule has 0 spiro atoms. The summed E-state index contributed by atoms with van der Waals surface area (Å²) in [6, 6.07) is 87.7. The van der Waals surface area contributed by atoms with Gasteiger partial charge >= 0.3 is 6.85 Å². The van der Waals surface area contributed by atoms with Gasteiger partial charge in [-0.15, -0.1) is 0 Å². The molecule has 67 heavy (non-hydrogen) atoms. The molecule has 0 saturated carbocycles. The fourth-order valence-electron chi connectivity index (χ4n) is 11.5. The highest BCUT2D eigenvalue weighted by Crippen LogP contribution is 2.51. The van der Waals surface area contributed by atoms with Crippen LogP contribution in [-0.2, 0) is 0 Å². The molecule has 0 radical (unpaired) electrons. The first-order valence-electron chi connectivity index (χ1n) is 23.3. The summed E-state index contributed by atoms with van der Waals surface area (Å²) in [4.78, 5) is 5.06. The minimum atomic E-state index is -0.107. The number of aromatic nitrogens is 1. The molecule has 3 heterocycles. The van der Waals surface area contributed by atoms with Gasteiger partial charge in [0.2, 0.25) is 0 Å². The molecule has 2 aliphatic rings. The van der Waals surface area contributed by atoms with Crippen LogP contribution >= 0.6 is 0 Å². The van der Waals surface area contributed by atoms with Gasteiger partial charge in [-0.25, -0.2) is 0 Å². The molecule has 1 aromatic heterocycles. The van der Waals surface area contributed by atoms with Gasteiger partial charge < -0.3 is 14.3 Å². The second kappa shape index (κ2) is 14.7. The van der Waals surface area contributed by atoms with Gasteiger partial charge in [-0.2, -0.15) is 0 Å². The van der Waals surface area contributed by atoms with Crippen LogP contribution in [0, 0.1) is 6.92 Å². The van der Waals surface area contributed by atoms with Gasteiger partial charge in [-0.3, -0.25) is 0 Å². The van der Waals surface area contributed by atoms with E-state index in [9.17, 15) is 0 Å². The van der Waals surface area contributed by atoms with Crippen LogP contribution in [-0.4, -0.2) is 11.3 Å². The Balaban J connectivity index is 1.17. The lowest BCUT2D eigenvalue weighted by Crippen LogP contribution is -2.57. The van der Waals surface area contributed by atoms with E-state index < -0.39 is 0 Å². The summed E-state index contributed by atoms with van der Waals surface area (Å²) in [5.74, 6) is 0. The normalized spacial score (nSPS) is 12.5. The topological polar surface area (TPSA) is 11.4 Å². The number of rotatable bonds is 6. The van der Waals surface area contributed by atoms with Crippen molar-refractivity contribution in [1.29, 1.82) is 0 Å². The third-order valence-electron chi connectivity index (χ3n) is 14.4. The fourth-order valence-corrected chi connectivity index (χ4v) is 11.5. The van der Waals surface area contributed by atoms with E-state index in [2.05, 4.69) is 258 Å². The van der Waals surface area contributed by atoms with E-state index in [1.54, 1.807) is 0 Å². The van der Waals surface area contributed by atoms with E-state index in [4.69, 9.17) is 0 Å². The monoisotopic (exact) mass is 851 g/mol. The van der Waals surface area contributed by atoms with Crippen LogP contribution in [0.5, 0.6) is 0 Å². The maximum atomic E-state index is 2.68. The highest BCUT2D eigenvalue weighted by atomic mass is 15.2. The largest absolute Gasteiger partial charge is 0.375 e. The third-order valence-corrected chi connectivity index (χ3v) is 14.4. The Labute approximate surface area is 390 Å². The average Bonchev–Trinajstić information content (AvgIpc) is 3.73. The molecular formula is C63H42BN3. The molecule has 3 nitrogen and oxygen atoms in total. The lowest BCUT2D eigenvalue weighted by Gasteiger charge is -2.42. The molecule has 0 bridgehead atoms. The van der Waals surface area contributed by atoms with Gasteiger partial charge in [0.15, 0.2) is 0 Å². The summed E-state index contributed by atoms with van der Waals surface area (Å²) in [5, 5.41) is 7.57. The van der Waals surface area contributed by atoms with Crippen molar-refractivity contribution in [2.24, 2.45) is 0 Å². The van der Waals surface area contributed by atoms with Gasteiger partial charge in [0.05, 0.1) is 0 Å². The standard InChI is InChI=1S/C63H42BN3/c1-41-56-37-45-24-15-14-23-44(45)33-48(56)38-58-62(41)66(51-35-46(42-19-6-2-7-20-42)34-47(36-51)43-21-8-3-9-22-43)60-40-52(65(49-25-10-4-11-26-49)50-27-12-5-13-28-50)39-57-55-31-18-30-54-53-29-16-17-32-59(53)67(63(54)55)64(58)61(57)60/h2-40H,1H3. The Morgan fingerprint density at radius 2 is 0.985 bits per heavy atom. The van der Waals surface area contributed by atoms with Crippen LogP contribution in [0.3, 0.4) is 0 Å². The summed E-state index contributed by atoms with van der Waals surface area (Å²) in [7, 11) is 0. The Morgan fingerprint density at radius 3 is 1.66 bits per heavy atom. The maximum absolute atomic E-state index is 2.68. The van der Waals surface area contributed by atoms with Crippen molar-refractivity contribution in [1.82, 2.24) is 4.48 Å². The molecule has 0 aliphatic carbocycles. The summed E-state index contributed by atoms with van der Waals surface area (Å²) >= 11 is 0. The zero-order valence-electron chi connectivity index (χ0n) is 36.9. The summed E-state index contributed by atoms with van der Waals surface area (Å²) in [6.07, 6.45) is 0. The molecule has 312 valence electrons. The molecule has 0 unspecified atom stereocenters. The van der Waals surface area contributed by atoms with Crippen LogP contribution in [0.2, 0.25) is 0 Å². The Hall–Kier alpha value is -8.60. The van der Waals surface area contributed by atoms with Crippen LogP contribution in [0.1, 0.15) is 5.56 Å². The van der Waals surface area contributed by atoms with Crippen LogP contribution in [0.4, 0.5) is 34.1 Å². The van der Waals surface area contributed by atoms with Gasteiger partial charge in [0.25, 0.3) is 0 Å². The molecule has 0 atom stereocenters. The molecule has 0 fully saturated rings. The second-order valence-corrected chi connectivity index (χ2v) is 18.1. The van der Waals surface area contributed by atoms with E-state index in [-0.39, 0.29) is 6.85 Å². The van der Waals surface area contributed by atoms with E-state index in [0.29, 0.717) is 0 Å². The lowest BCUT2D eigenvalue weighted by molar-refractivity contribution is 1.22. The molecule has 0 N–H and O–H groups in total.